The monoisotopic (exact) mass is 332 g/mol. The molecule has 2 N–H and O–H groups in total. The van der Waals surface area contributed by atoms with Crippen LogP contribution < -0.4 is 10.6 Å². The van der Waals surface area contributed by atoms with Gasteiger partial charge in [0.1, 0.15) is 0 Å². The molecule has 2 aromatic heterocycles. The molecule has 0 saturated carbocycles. The van der Waals surface area contributed by atoms with Crippen LogP contribution in [0.1, 0.15) is 27.0 Å². The first-order valence-electron chi connectivity index (χ1n) is 8.08. The van der Waals surface area contributed by atoms with Crippen LogP contribution >= 0.6 is 0 Å². The Hall–Kier alpha value is -3.21. The topological polar surface area (TPSA) is 66.9 Å². The van der Waals surface area contributed by atoms with Crippen molar-refractivity contribution in [2.45, 2.75) is 20.4 Å². The molecule has 0 aliphatic heterocycles. The smallest absolute Gasteiger partial charge is 0.253 e. The molecular formula is C20H20N4O. The predicted molar refractivity (Wildman–Crippen MR) is 98.8 cm³/mol. The first-order valence-corrected chi connectivity index (χ1v) is 8.08. The lowest BCUT2D eigenvalue weighted by molar-refractivity contribution is 0.0950. The Balaban J connectivity index is 1.70. The summed E-state index contributed by atoms with van der Waals surface area (Å²) in [4.78, 5) is 20.5. The average molecular weight is 332 g/mol. The standard InChI is InChI=1S/C20H20N4O/c1-14-3-4-15(2)19(9-14)24-18-10-17(12-22-13-18)20(25)23-11-16-5-7-21-8-6-16/h3-10,12-13,24H,11H2,1-2H3,(H,23,25). The maximum Gasteiger partial charge on any atom is 0.253 e. The van der Waals surface area contributed by atoms with E-state index >= 15 is 0 Å². The fraction of sp³-hybridized carbons (Fsp3) is 0.150. The minimum atomic E-state index is -0.158. The van der Waals surface area contributed by atoms with E-state index in [1.165, 1.54) is 5.56 Å². The molecule has 5 nitrogen and oxygen atoms in total. The third-order valence-corrected chi connectivity index (χ3v) is 3.87. The number of amides is 1. The number of hydrogen-bond donors (Lipinski definition) is 2. The Bertz CT molecular complexity index is 878. The molecule has 0 unspecified atom stereocenters. The van der Waals surface area contributed by atoms with Crippen LogP contribution in [0.25, 0.3) is 0 Å². The van der Waals surface area contributed by atoms with Crippen LogP contribution in [0.4, 0.5) is 11.4 Å². The molecule has 25 heavy (non-hydrogen) atoms. The number of nitrogens with one attached hydrogen (secondary N) is 2. The zero-order valence-corrected chi connectivity index (χ0v) is 14.3. The van der Waals surface area contributed by atoms with Crippen molar-refractivity contribution < 1.29 is 4.79 Å². The van der Waals surface area contributed by atoms with E-state index in [1.54, 1.807) is 30.9 Å². The van der Waals surface area contributed by atoms with E-state index in [0.29, 0.717) is 12.1 Å². The molecule has 0 fully saturated rings. The van der Waals surface area contributed by atoms with Crippen LogP contribution in [0.2, 0.25) is 0 Å². The molecule has 0 aliphatic carbocycles. The number of carbonyl (C=O) groups excluding carboxylic acids is 1. The fourth-order valence-corrected chi connectivity index (χ4v) is 2.44. The molecule has 0 atom stereocenters. The second-order valence-corrected chi connectivity index (χ2v) is 5.94. The lowest BCUT2D eigenvalue weighted by Crippen LogP contribution is -2.23. The van der Waals surface area contributed by atoms with Crippen molar-refractivity contribution in [3.05, 3.63) is 83.4 Å². The van der Waals surface area contributed by atoms with E-state index in [1.807, 2.05) is 26.0 Å². The van der Waals surface area contributed by atoms with Crippen molar-refractivity contribution in [2.24, 2.45) is 0 Å². The van der Waals surface area contributed by atoms with Crippen LogP contribution in [-0.4, -0.2) is 15.9 Å². The average Bonchev–Trinajstić information content (AvgIpc) is 2.64. The number of rotatable bonds is 5. The molecular weight excluding hydrogens is 312 g/mol. The highest BCUT2D eigenvalue weighted by Crippen LogP contribution is 2.21. The largest absolute Gasteiger partial charge is 0.354 e. The summed E-state index contributed by atoms with van der Waals surface area (Å²) in [5, 5.41) is 6.22. The molecule has 2 heterocycles. The highest BCUT2D eigenvalue weighted by atomic mass is 16.1. The number of hydrogen-bond acceptors (Lipinski definition) is 4. The molecule has 0 saturated heterocycles. The molecule has 1 amide bonds. The van der Waals surface area contributed by atoms with Crippen molar-refractivity contribution >= 4 is 17.3 Å². The minimum Gasteiger partial charge on any atom is -0.354 e. The van der Waals surface area contributed by atoms with Gasteiger partial charge >= 0.3 is 0 Å². The van der Waals surface area contributed by atoms with E-state index in [4.69, 9.17) is 0 Å². The highest BCUT2D eigenvalue weighted by Gasteiger charge is 2.08. The number of aryl methyl sites for hydroxylation is 2. The molecule has 1 aromatic carbocycles. The lowest BCUT2D eigenvalue weighted by Gasteiger charge is -2.11. The SMILES string of the molecule is Cc1ccc(C)c(Nc2cncc(C(=O)NCc3ccncc3)c2)c1. The van der Waals surface area contributed by atoms with Gasteiger partial charge in [-0.2, -0.15) is 0 Å². The van der Waals surface area contributed by atoms with E-state index in [2.05, 4.69) is 38.8 Å². The first kappa shape index (κ1) is 16.6. The first-order chi connectivity index (χ1) is 12.1. The quantitative estimate of drug-likeness (QED) is 0.746. The van der Waals surface area contributed by atoms with E-state index < -0.39 is 0 Å². The van der Waals surface area contributed by atoms with Gasteiger partial charge in [0.25, 0.3) is 5.91 Å². The van der Waals surface area contributed by atoms with Gasteiger partial charge in [0, 0.05) is 30.8 Å². The summed E-state index contributed by atoms with van der Waals surface area (Å²) in [6.07, 6.45) is 6.69. The number of pyridine rings is 2. The van der Waals surface area contributed by atoms with E-state index in [9.17, 15) is 4.79 Å². The maximum atomic E-state index is 12.3. The molecule has 126 valence electrons. The molecule has 5 heteroatoms. The summed E-state index contributed by atoms with van der Waals surface area (Å²) < 4.78 is 0. The van der Waals surface area contributed by atoms with Crippen LogP contribution in [-0.2, 0) is 6.54 Å². The Morgan fingerprint density at radius 2 is 1.80 bits per heavy atom. The van der Waals surface area contributed by atoms with E-state index in [-0.39, 0.29) is 5.91 Å². The second kappa shape index (κ2) is 7.57. The fourth-order valence-electron chi connectivity index (χ4n) is 2.44. The zero-order valence-electron chi connectivity index (χ0n) is 14.3. The minimum absolute atomic E-state index is 0.158. The predicted octanol–water partition coefficient (Wildman–Crippen LogP) is 3.77. The van der Waals surface area contributed by atoms with Gasteiger partial charge in [-0.3, -0.25) is 14.8 Å². The van der Waals surface area contributed by atoms with Crippen LogP contribution in [0.3, 0.4) is 0 Å². The van der Waals surface area contributed by atoms with Gasteiger partial charge in [-0.1, -0.05) is 12.1 Å². The van der Waals surface area contributed by atoms with Crippen molar-refractivity contribution in [1.82, 2.24) is 15.3 Å². The number of anilines is 2. The van der Waals surface area contributed by atoms with Crippen LogP contribution in [0.5, 0.6) is 0 Å². The van der Waals surface area contributed by atoms with Crippen molar-refractivity contribution in [3.63, 3.8) is 0 Å². The molecule has 0 radical (unpaired) electrons. The summed E-state index contributed by atoms with van der Waals surface area (Å²) in [5.74, 6) is -0.158. The van der Waals surface area contributed by atoms with Crippen molar-refractivity contribution in [3.8, 4) is 0 Å². The van der Waals surface area contributed by atoms with Gasteiger partial charge in [-0.05, 0) is 54.8 Å². The normalized spacial score (nSPS) is 10.3. The molecule has 0 bridgehead atoms. The molecule has 0 aliphatic rings. The summed E-state index contributed by atoms with van der Waals surface area (Å²) in [5.41, 5.74) is 5.62. The Labute approximate surface area is 147 Å². The third kappa shape index (κ3) is 4.41. The van der Waals surface area contributed by atoms with Crippen molar-refractivity contribution in [2.75, 3.05) is 5.32 Å². The zero-order chi connectivity index (χ0) is 17.6. The summed E-state index contributed by atoms with van der Waals surface area (Å²) in [7, 11) is 0. The molecule has 0 spiro atoms. The second-order valence-electron chi connectivity index (χ2n) is 5.94. The number of aromatic nitrogens is 2. The maximum absolute atomic E-state index is 12.3. The lowest BCUT2D eigenvalue weighted by atomic mass is 10.1. The van der Waals surface area contributed by atoms with Crippen LogP contribution in [0, 0.1) is 13.8 Å². The van der Waals surface area contributed by atoms with E-state index in [0.717, 1.165) is 22.5 Å². The highest BCUT2D eigenvalue weighted by molar-refractivity contribution is 5.94. The summed E-state index contributed by atoms with van der Waals surface area (Å²) >= 11 is 0. The number of benzene rings is 1. The summed E-state index contributed by atoms with van der Waals surface area (Å²) in [6.45, 7) is 4.54. The number of carbonyl (C=O) groups is 1. The van der Waals surface area contributed by atoms with Gasteiger partial charge in [-0.25, -0.2) is 0 Å². The molecule has 3 rings (SSSR count). The Morgan fingerprint density at radius 1 is 1.00 bits per heavy atom. The van der Waals surface area contributed by atoms with Gasteiger partial charge in [0.15, 0.2) is 0 Å². The van der Waals surface area contributed by atoms with Gasteiger partial charge in [0.2, 0.25) is 0 Å². The van der Waals surface area contributed by atoms with Gasteiger partial charge in [-0.15, -0.1) is 0 Å². The van der Waals surface area contributed by atoms with Gasteiger partial charge < -0.3 is 10.6 Å². The van der Waals surface area contributed by atoms with Gasteiger partial charge in [0.05, 0.1) is 17.4 Å². The van der Waals surface area contributed by atoms with Crippen LogP contribution in [0.15, 0.2) is 61.2 Å². The molecule has 3 aromatic rings. The Morgan fingerprint density at radius 3 is 2.60 bits per heavy atom. The summed E-state index contributed by atoms with van der Waals surface area (Å²) in [6, 6.07) is 11.8. The third-order valence-electron chi connectivity index (χ3n) is 3.87. The number of nitrogens with zero attached hydrogens (tertiary/aromatic N) is 2. The Kier molecular flexibility index (Phi) is 5.04. The van der Waals surface area contributed by atoms with Crippen molar-refractivity contribution in [1.29, 1.82) is 0 Å².